The molecular weight excluding hydrogens is 642 g/mol. The minimum absolute atomic E-state index is 0.0258. The fraction of sp³-hybridized carbons (Fsp3) is 0.308. The summed E-state index contributed by atoms with van der Waals surface area (Å²) in [4.78, 5) is 36.0. The number of alkyl halides is 6. The molecule has 18 heteroatoms. The van der Waals surface area contributed by atoms with Crippen molar-refractivity contribution in [3.8, 4) is 0 Å². The van der Waals surface area contributed by atoms with Gasteiger partial charge in [0.1, 0.15) is 5.02 Å². The maximum absolute atomic E-state index is 12.8. The lowest BCUT2D eigenvalue weighted by atomic mass is 10.2. The zero-order valence-corrected chi connectivity index (χ0v) is 24.1. The van der Waals surface area contributed by atoms with Crippen molar-refractivity contribution in [1.29, 1.82) is 0 Å². The molecule has 0 aliphatic carbocycles. The molecule has 238 valence electrons. The Bertz CT molecular complexity index is 1480. The first kappa shape index (κ1) is 34.5. The first-order valence-electron chi connectivity index (χ1n) is 12.7. The molecule has 1 aliphatic heterocycles. The standard InChI is InChI=1S/C24H24ClF3N6O2S.C2HF3O2/c25-21-20(33-12-1-10-29-11-13-33)14-30-34(22(21)35)15-16-2-4-17(5-3-16)31-23(36)32-18-6-8-19(9-7-18)37-24(26,27)28;3-2(4,5)1(6)7/h2-9,14,29H,1,10-13,15H2,(H2,31,32,36);(H,6,7). The van der Waals surface area contributed by atoms with Crippen LogP contribution in [0.4, 0.5) is 48.2 Å². The van der Waals surface area contributed by atoms with Gasteiger partial charge < -0.3 is 26.0 Å². The summed E-state index contributed by atoms with van der Waals surface area (Å²) in [6, 6.07) is 11.6. The van der Waals surface area contributed by atoms with Gasteiger partial charge in [-0.05, 0) is 66.7 Å². The van der Waals surface area contributed by atoms with Gasteiger partial charge in [-0.25, -0.2) is 14.3 Å². The maximum atomic E-state index is 12.8. The SMILES string of the molecule is O=C(Nc1ccc(Cn2ncc(N3CCCNCC3)c(Cl)c2=O)cc1)Nc1ccc(SC(F)(F)F)cc1.O=C(O)C(F)(F)F. The lowest BCUT2D eigenvalue weighted by molar-refractivity contribution is -0.192. The van der Waals surface area contributed by atoms with E-state index < -0.39 is 23.7 Å². The van der Waals surface area contributed by atoms with Crippen molar-refractivity contribution in [3.63, 3.8) is 0 Å². The zero-order chi connectivity index (χ0) is 32.5. The summed E-state index contributed by atoms with van der Waals surface area (Å²) in [5, 5.41) is 20.1. The molecule has 2 heterocycles. The largest absolute Gasteiger partial charge is 0.490 e. The smallest absolute Gasteiger partial charge is 0.475 e. The molecule has 4 rings (SSSR count). The summed E-state index contributed by atoms with van der Waals surface area (Å²) < 4.78 is 70.3. The van der Waals surface area contributed by atoms with Gasteiger partial charge in [0.25, 0.3) is 5.56 Å². The molecular formula is C26H25ClF6N6O4S. The zero-order valence-electron chi connectivity index (χ0n) is 22.5. The van der Waals surface area contributed by atoms with E-state index in [2.05, 4.69) is 25.9 Å². The molecule has 10 nitrogen and oxygen atoms in total. The predicted octanol–water partition coefficient (Wildman–Crippen LogP) is 5.63. The quantitative estimate of drug-likeness (QED) is 0.197. The molecule has 3 aromatic rings. The first-order chi connectivity index (χ1) is 20.6. The second-order valence-electron chi connectivity index (χ2n) is 9.05. The number of halogens is 7. The Labute approximate surface area is 255 Å². The third kappa shape index (κ3) is 10.9. The number of urea groups is 1. The van der Waals surface area contributed by atoms with Gasteiger partial charge in [-0.3, -0.25) is 4.79 Å². The summed E-state index contributed by atoms with van der Waals surface area (Å²) in [6.07, 6.45) is -2.52. The highest BCUT2D eigenvalue weighted by molar-refractivity contribution is 8.00. The van der Waals surface area contributed by atoms with Crippen molar-refractivity contribution in [1.82, 2.24) is 15.1 Å². The van der Waals surface area contributed by atoms with Gasteiger partial charge in [0.05, 0.1) is 18.4 Å². The highest BCUT2D eigenvalue weighted by atomic mass is 35.5. The van der Waals surface area contributed by atoms with E-state index in [1.54, 1.807) is 30.5 Å². The number of hydrogen-bond donors (Lipinski definition) is 4. The van der Waals surface area contributed by atoms with Crippen LogP contribution in [0.5, 0.6) is 0 Å². The number of nitrogens with one attached hydrogen (secondary N) is 3. The van der Waals surface area contributed by atoms with E-state index >= 15 is 0 Å². The number of hydrogen-bond acceptors (Lipinski definition) is 7. The Kier molecular flexibility index (Phi) is 11.9. The van der Waals surface area contributed by atoms with Crippen LogP contribution in [-0.2, 0) is 11.3 Å². The Morgan fingerprint density at radius 2 is 1.52 bits per heavy atom. The molecule has 1 saturated heterocycles. The van der Waals surface area contributed by atoms with E-state index in [0.29, 0.717) is 17.1 Å². The van der Waals surface area contributed by atoms with Crippen LogP contribution in [0.1, 0.15) is 12.0 Å². The van der Waals surface area contributed by atoms with Crippen LogP contribution in [0.3, 0.4) is 0 Å². The summed E-state index contributed by atoms with van der Waals surface area (Å²) >= 11 is 6.17. The number of nitrogens with zero attached hydrogens (tertiary/aromatic N) is 3. The number of rotatable bonds is 6. The number of aromatic nitrogens is 2. The van der Waals surface area contributed by atoms with Crippen LogP contribution in [-0.4, -0.2) is 64.8 Å². The maximum Gasteiger partial charge on any atom is 0.490 e. The lowest BCUT2D eigenvalue weighted by Crippen LogP contribution is -2.32. The number of carbonyl (C=O) groups is 2. The fourth-order valence-electron chi connectivity index (χ4n) is 3.78. The number of carboxylic acid groups (broad SMARTS) is 1. The Balaban J connectivity index is 0.000000676. The predicted molar refractivity (Wildman–Crippen MR) is 153 cm³/mol. The number of amides is 2. The Morgan fingerprint density at radius 1 is 0.955 bits per heavy atom. The molecule has 0 bridgehead atoms. The van der Waals surface area contributed by atoms with Crippen LogP contribution in [0.15, 0.2) is 64.4 Å². The van der Waals surface area contributed by atoms with Gasteiger partial charge in [0.2, 0.25) is 0 Å². The summed E-state index contributed by atoms with van der Waals surface area (Å²) in [7, 11) is 0. The lowest BCUT2D eigenvalue weighted by Gasteiger charge is -2.23. The van der Waals surface area contributed by atoms with Gasteiger partial charge >= 0.3 is 23.7 Å². The minimum atomic E-state index is -5.08. The number of aliphatic carboxylic acids is 1. The Morgan fingerprint density at radius 3 is 2.07 bits per heavy atom. The number of benzene rings is 2. The molecule has 0 atom stereocenters. The summed E-state index contributed by atoms with van der Waals surface area (Å²) in [6.45, 7) is 3.47. The van der Waals surface area contributed by atoms with E-state index in [0.717, 1.165) is 38.2 Å². The van der Waals surface area contributed by atoms with Crippen LogP contribution >= 0.6 is 23.4 Å². The van der Waals surface area contributed by atoms with Gasteiger partial charge in [-0.15, -0.1) is 0 Å². The Hall–Kier alpha value is -3.96. The van der Waals surface area contributed by atoms with Gasteiger partial charge in [-0.1, -0.05) is 23.7 Å². The molecule has 1 aliphatic rings. The normalized spacial score (nSPS) is 13.8. The van der Waals surface area contributed by atoms with E-state index in [9.17, 15) is 35.9 Å². The first-order valence-corrected chi connectivity index (χ1v) is 13.9. The van der Waals surface area contributed by atoms with Crippen LogP contribution in [0.2, 0.25) is 5.02 Å². The highest BCUT2D eigenvalue weighted by Gasteiger charge is 2.38. The molecule has 4 N–H and O–H groups in total. The van der Waals surface area contributed by atoms with Crippen molar-refractivity contribution in [2.24, 2.45) is 0 Å². The average Bonchev–Trinajstić information content (AvgIpc) is 3.22. The molecule has 0 spiro atoms. The molecule has 1 aromatic heterocycles. The van der Waals surface area contributed by atoms with Crippen LogP contribution in [0.25, 0.3) is 0 Å². The van der Waals surface area contributed by atoms with Crippen molar-refractivity contribution >= 4 is 52.4 Å². The molecule has 2 amide bonds. The monoisotopic (exact) mass is 666 g/mol. The van der Waals surface area contributed by atoms with Gasteiger partial charge in [0.15, 0.2) is 0 Å². The third-order valence-electron chi connectivity index (χ3n) is 5.78. The number of anilines is 3. The molecule has 44 heavy (non-hydrogen) atoms. The van der Waals surface area contributed by atoms with Crippen molar-refractivity contribution in [3.05, 3.63) is 75.7 Å². The molecule has 0 saturated carbocycles. The molecule has 1 fully saturated rings. The molecule has 0 unspecified atom stereocenters. The average molecular weight is 667 g/mol. The van der Waals surface area contributed by atoms with Crippen molar-refractivity contribution in [2.45, 2.75) is 29.5 Å². The second kappa shape index (κ2) is 15.2. The fourth-order valence-corrected chi connectivity index (χ4v) is 4.58. The topological polar surface area (TPSA) is 129 Å². The highest BCUT2D eigenvalue weighted by Crippen LogP contribution is 2.37. The summed E-state index contributed by atoms with van der Waals surface area (Å²) in [5.41, 5.74) is -2.50. The summed E-state index contributed by atoms with van der Waals surface area (Å²) in [5.74, 6) is -2.76. The number of thioether (sulfide) groups is 1. The molecule has 0 radical (unpaired) electrons. The second-order valence-corrected chi connectivity index (χ2v) is 10.6. The van der Waals surface area contributed by atoms with E-state index in [1.165, 1.54) is 28.9 Å². The number of carboxylic acids is 1. The minimum Gasteiger partial charge on any atom is -0.475 e. The third-order valence-corrected chi connectivity index (χ3v) is 6.87. The van der Waals surface area contributed by atoms with Gasteiger partial charge in [-0.2, -0.15) is 31.4 Å². The van der Waals surface area contributed by atoms with E-state index in [1.807, 2.05) is 0 Å². The van der Waals surface area contributed by atoms with Gasteiger partial charge in [0, 0.05) is 35.9 Å². The van der Waals surface area contributed by atoms with Crippen molar-refractivity contribution < 1.29 is 41.0 Å². The van der Waals surface area contributed by atoms with E-state index in [-0.39, 0.29) is 33.8 Å². The van der Waals surface area contributed by atoms with Crippen molar-refractivity contribution in [2.75, 3.05) is 41.7 Å². The number of carbonyl (C=O) groups excluding carboxylic acids is 1. The van der Waals surface area contributed by atoms with Crippen LogP contribution in [0, 0.1) is 0 Å². The van der Waals surface area contributed by atoms with Crippen LogP contribution < -0.4 is 26.4 Å². The molecule has 2 aromatic carbocycles. The van der Waals surface area contributed by atoms with E-state index in [4.69, 9.17) is 21.5 Å².